The Bertz CT molecular complexity index is 2080. The molecule has 4 rings (SSSR count). The van der Waals surface area contributed by atoms with Gasteiger partial charge >= 0.3 is 47.8 Å². The standard InChI is InChI=1S/C45H50O18/c1-24(46)54-22-37-41(57-27(4)49)44(60-30(7)52)40(56-26(3)48)36(62-37)11-9-10-32-12-14-33(15-13-32)16-17-34-18-20-35(21-19-34)39-43(59-29(6)51)45(61-31(8)53)42(58-28(5)50)38(63-39)23-55-25(2)47/h9-10,12-15,18-21,36-45H,11,22-23H2,1-8H3/b10-9+/t36-,37-,38-,39-,40-,41-,42-,43-,44+,45+/m1/s1. The molecule has 2 aliphatic heterocycles. The predicted molar refractivity (Wildman–Crippen MR) is 215 cm³/mol. The van der Waals surface area contributed by atoms with Gasteiger partial charge in [-0.25, -0.2) is 0 Å². The van der Waals surface area contributed by atoms with Crippen LogP contribution in [-0.4, -0.2) is 116 Å². The van der Waals surface area contributed by atoms with Gasteiger partial charge in [0.05, 0.1) is 0 Å². The zero-order chi connectivity index (χ0) is 46.4. The second kappa shape index (κ2) is 23.0. The molecule has 63 heavy (non-hydrogen) atoms. The van der Waals surface area contributed by atoms with Crippen molar-refractivity contribution >= 4 is 53.8 Å². The monoisotopic (exact) mass is 878 g/mol. The highest BCUT2D eigenvalue weighted by atomic mass is 16.7. The van der Waals surface area contributed by atoms with Crippen LogP contribution in [0, 0.1) is 11.8 Å². The van der Waals surface area contributed by atoms with E-state index in [1.165, 1.54) is 27.7 Å². The Hall–Kier alpha value is -6.58. The Morgan fingerprint density at radius 2 is 0.825 bits per heavy atom. The van der Waals surface area contributed by atoms with Crippen LogP contribution < -0.4 is 0 Å². The number of rotatable bonds is 14. The molecule has 10 atom stereocenters. The van der Waals surface area contributed by atoms with Crippen molar-refractivity contribution < 1.29 is 85.7 Å². The lowest BCUT2D eigenvalue weighted by atomic mass is 9.90. The van der Waals surface area contributed by atoms with Gasteiger partial charge in [0.1, 0.15) is 37.6 Å². The van der Waals surface area contributed by atoms with Gasteiger partial charge in [0, 0.05) is 66.5 Å². The largest absolute Gasteiger partial charge is 0.463 e. The molecule has 0 amide bonds. The first-order chi connectivity index (χ1) is 29.8. The minimum atomic E-state index is -1.31. The van der Waals surface area contributed by atoms with Crippen molar-refractivity contribution in [2.45, 2.75) is 123 Å². The molecule has 338 valence electrons. The number of hydrogen-bond donors (Lipinski definition) is 0. The SMILES string of the molecule is CC(=O)OC[C@H]1O[C@H](C/C=C/c2ccc(C#Cc3ccc([C@H]4O[C@H](COC(C)=O)[C@@H](OC(C)=O)[C@H](OC(C)=O)[C@@H]4OC(C)=O)cc3)cc2)[C@@H](OC(C)=O)[C@H](OC(C)=O)[C@@H]1OC(C)=O. The summed E-state index contributed by atoms with van der Waals surface area (Å²) < 4.78 is 55.7. The number of carbonyl (C=O) groups is 8. The van der Waals surface area contributed by atoms with Gasteiger partial charge in [0.15, 0.2) is 36.6 Å². The van der Waals surface area contributed by atoms with Crippen LogP contribution in [0.4, 0.5) is 0 Å². The van der Waals surface area contributed by atoms with Crippen LogP contribution in [0.1, 0.15) is 90.2 Å². The molecule has 0 spiro atoms. The second-order valence-corrected chi connectivity index (χ2v) is 14.5. The fourth-order valence-corrected chi connectivity index (χ4v) is 6.92. The summed E-state index contributed by atoms with van der Waals surface area (Å²) in [6.45, 7) is 8.66. The van der Waals surface area contributed by atoms with Gasteiger partial charge in [-0.15, -0.1) is 0 Å². The molecular formula is C45H50O18. The molecule has 0 N–H and O–H groups in total. The molecular weight excluding hydrogens is 828 g/mol. The summed E-state index contributed by atoms with van der Waals surface area (Å²) in [7, 11) is 0. The third kappa shape index (κ3) is 15.1. The number of esters is 8. The van der Waals surface area contributed by atoms with Crippen LogP contribution >= 0.6 is 0 Å². The minimum absolute atomic E-state index is 0.147. The van der Waals surface area contributed by atoms with E-state index in [0.717, 1.165) is 33.3 Å². The molecule has 0 radical (unpaired) electrons. The van der Waals surface area contributed by atoms with Crippen molar-refractivity contribution in [3.8, 4) is 11.8 Å². The van der Waals surface area contributed by atoms with Crippen LogP contribution in [0.15, 0.2) is 54.6 Å². The van der Waals surface area contributed by atoms with E-state index in [1.54, 1.807) is 48.6 Å². The molecule has 2 aromatic rings. The van der Waals surface area contributed by atoms with Gasteiger partial charge < -0.3 is 47.4 Å². The van der Waals surface area contributed by atoms with Crippen LogP contribution in [0.5, 0.6) is 0 Å². The molecule has 2 fully saturated rings. The van der Waals surface area contributed by atoms with Crippen molar-refractivity contribution in [3.05, 3.63) is 76.9 Å². The lowest BCUT2D eigenvalue weighted by molar-refractivity contribution is -0.254. The van der Waals surface area contributed by atoms with E-state index in [1.807, 2.05) is 12.1 Å². The maximum Gasteiger partial charge on any atom is 0.303 e. The normalized spacial score (nSPS) is 25.2. The van der Waals surface area contributed by atoms with E-state index in [4.69, 9.17) is 47.4 Å². The second-order valence-electron chi connectivity index (χ2n) is 14.5. The summed E-state index contributed by atoms with van der Waals surface area (Å²) in [6, 6.07) is 14.0. The van der Waals surface area contributed by atoms with Crippen molar-refractivity contribution in [3.63, 3.8) is 0 Å². The summed E-state index contributed by atoms with van der Waals surface area (Å²) in [5.74, 6) is 0.629. The molecule has 2 heterocycles. The summed E-state index contributed by atoms with van der Waals surface area (Å²) in [6.07, 6.45) is -7.90. The highest BCUT2D eigenvalue weighted by Crippen LogP contribution is 2.38. The van der Waals surface area contributed by atoms with Gasteiger partial charge in [-0.05, 0) is 41.8 Å². The Morgan fingerprint density at radius 1 is 0.460 bits per heavy atom. The summed E-state index contributed by atoms with van der Waals surface area (Å²) in [4.78, 5) is 96.1. The van der Waals surface area contributed by atoms with Gasteiger partial charge in [-0.2, -0.15) is 0 Å². The number of benzene rings is 2. The molecule has 0 bridgehead atoms. The van der Waals surface area contributed by atoms with Crippen molar-refractivity contribution in [2.24, 2.45) is 0 Å². The third-order valence-electron chi connectivity index (χ3n) is 9.26. The average molecular weight is 879 g/mol. The van der Waals surface area contributed by atoms with Gasteiger partial charge in [0.25, 0.3) is 0 Å². The predicted octanol–water partition coefficient (Wildman–Crippen LogP) is 3.41. The van der Waals surface area contributed by atoms with Gasteiger partial charge in [-0.3, -0.25) is 38.4 Å². The third-order valence-corrected chi connectivity index (χ3v) is 9.26. The van der Waals surface area contributed by atoms with E-state index in [-0.39, 0.29) is 19.6 Å². The number of ether oxygens (including phenoxy) is 10. The molecule has 2 aliphatic rings. The molecule has 2 saturated heterocycles. The first-order valence-corrected chi connectivity index (χ1v) is 19.8. The van der Waals surface area contributed by atoms with Gasteiger partial charge in [0.2, 0.25) is 0 Å². The van der Waals surface area contributed by atoms with E-state index >= 15 is 0 Å². The topological polar surface area (TPSA) is 229 Å². The Kier molecular flexibility index (Phi) is 17.9. The van der Waals surface area contributed by atoms with Gasteiger partial charge in [-0.1, -0.05) is 48.3 Å². The van der Waals surface area contributed by atoms with E-state index in [2.05, 4.69) is 11.8 Å². The minimum Gasteiger partial charge on any atom is -0.463 e. The Morgan fingerprint density at radius 3 is 1.25 bits per heavy atom. The van der Waals surface area contributed by atoms with E-state index in [9.17, 15) is 38.4 Å². The molecule has 18 heteroatoms. The van der Waals surface area contributed by atoms with Crippen molar-refractivity contribution in [1.82, 2.24) is 0 Å². The lowest BCUT2D eigenvalue weighted by Gasteiger charge is -2.44. The highest BCUT2D eigenvalue weighted by Gasteiger charge is 2.53. The van der Waals surface area contributed by atoms with Crippen LogP contribution in [-0.2, 0) is 85.7 Å². The first-order valence-electron chi connectivity index (χ1n) is 19.8. The first kappa shape index (κ1) is 49.1. The molecule has 18 nitrogen and oxygen atoms in total. The Labute approximate surface area is 363 Å². The average Bonchev–Trinajstić information content (AvgIpc) is 3.19. The number of hydrogen-bond acceptors (Lipinski definition) is 18. The zero-order valence-electron chi connectivity index (χ0n) is 36.0. The molecule has 0 aromatic heterocycles. The summed E-state index contributed by atoms with van der Waals surface area (Å²) in [5.41, 5.74) is 2.56. The molecule has 0 saturated carbocycles. The van der Waals surface area contributed by atoms with E-state index < -0.39 is 109 Å². The van der Waals surface area contributed by atoms with Crippen LogP contribution in [0.25, 0.3) is 6.08 Å². The maximum atomic E-state index is 12.3. The fraction of sp³-hybridized carbons (Fsp3) is 0.467. The molecule has 0 unspecified atom stereocenters. The lowest BCUT2D eigenvalue weighted by Crippen LogP contribution is -2.62. The van der Waals surface area contributed by atoms with Crippen LogP contribution in [0.3, 0.4) is 0 Å². The highest BCUT2D eigenvalue weighted by molar-refractivity contribution is 5.70. The fourth-order valence-electron chi connectivity index (χ4n) is 6.92. The molecule has 2 aromatic carbocycles. The number of carbonyl (C=O) groups excluding carboxylic acids is 8. The summed E-state index contributed by atoms with van der Waals surface area (Å²) in [5, 5.41) is 0. The van der Waals surface area contributed by atoms with E-state index in [0.29, 0.717) is 16.7 Å². The van der Waals surface area contributed by atoms with Crippen LogP contribution in [0.2, 0.25) is 0 Å². The summed E-state index contributed by atoms with van der Waals surface area (Å²) >= 11 is 0. The Balaban J connectivity index is 1.52. The smallest absolute Gasteiger partial charge is 0.303 e. The zero-order valence-corrected chi connectivity index (χ0v) is 36.0. The maximum absolute atomic E-state index is 12.3. The van der Waals surface area contributed by atoms with Crippen molar-refractivity contribution in [1.29, 1.82) is 0 Å². The quantitative estimate of drug-likeness (QED) is 0.150. The molecule has 0 aliphatic carbocycles. The van der Waals surface area contributed by atoms with Crippen molar-refractivity contribution in [2.75, 3.05) is 13.2 Å².